The Balaban J connectivity index is 1.90. The van der Waals surface area contributed by atoms with Gasteiger partial charge < -0.3 is 10.0 Å². The van der Waals surface area contributed by atoms with Crippen molar-refractivity contribution in [2.24, 2.45) is 0 Å². The molecule has 1 amide bonds. The Morgan fingerprint density at radius 3 is 2.34 bits per heavy atom. The normalized spacial score (nSPS) is 10.3. The first-order valence-corrected chi connectivity index (χ1v) is 11.3. The van der Waals surface area contributed by atoms with Crippen LogP contribution < -0.4 is 0 Å². The number of aliphatic carboxylic acids is 1. The van der Waals surface area contributed by atoms with Gasteiger partial charge in [0.05, 0.1) is 0 Å². The number of carbonyl (C=O) groups is 2. The van der Waals surface area contributed by atoms with Crippen molar-refractivity contribution in [2.75, 3.05) is 6.54 Å². The van der Waals surface area contributed by atoms with Crippen molar-refractivity contribution in [2.45, 2.75) is 64.8 Å². The van der Waals surface area contributed by atoms with Crippen LogP contribution in [0.3, 0.4) is 0 Å². The number of carboxylic acid groups (broad SMARTS) is 1. The van der Waals surface area contributed by atoms with Crippen LogP contribution in [-0.4, -0.2) is 28.4 Å². The molecule has 1 N–H and O–H groups in total. The van der Waals surface area contributed by atoms with Crippen molar-refractivity contribution in [1.82, 2.24) is 4.90 Å². The summed E-state index contributed by atoms with van der Waals surface area (Å²) in [6.45, 7) is 2.47. The molecule has 170 valence electrons. The SMILES string of the molecule is CCCCCCCCC#Cc1ccc(CN(CCc2ccccc2F)C(=O)C(=O)O)cc1. The number of benzene rings is 2. The molecular weight excluding hydrogens is 405 g/mol. The summed E-state index contributed by atoms with van der Waals surface area (Å²) in [6.07, 6.45) is 8.58. The molecule has 4 nitrogen and oxygen atoms in total. The molecule has 0 saturated carbocycles. The standard InChI is InChI=1S/C27H32FNO3/c1-2-3-4-5-6-7-8-9-12-22-15-17-23(18-16-22)21-29(26(30)27(31)32)20-19-24-13-10-11-14-25(24)28/h10-11,13-18H,2-8,19-21H2,1H3,(H,31,32). The first-order valence-electron chi connectivity index (χ1n) is 11.3. The number of halogens is 1. The maximum Gasteiger partial charge on any atom is 0.394 e. The zero-order valence-electron chi connectivity index (χ0n) is 18.8. The van der Waals surface area contributed by atoms with Gasteiger partial charge in [-0.25, -0.2) is 9.18 Å². The van der Waals surface area contributed by atoms with Crippen molar-refractivity contribution in [3.8, 4) is 11.8 Å². The second kappa shape index (κ2) is 14.0. The summed E-state index contributed by atoms with van der Waals surface area (Å²) in [5.74, 6) is 3.48. The molecule has 5 heteroatoms. The number of hydrogen-bond acceptors (Lipinski definition) is 2. The molecule has 2 aromatic carbocycles. The molecule has 0 heterocycles. The molecule has 0 aliphatic rings. The lowest BCUT2D eigenvalue weighted by molar-refractivity contribution is -0.156. The highest BCUT2D eigenvalue weighted by molar-refractivity contribution is 6.31. The fraction of sp³-hybridized carbons (Fsp3) is 0.407. The third-order valence-electron chi connectivity index (χ3n) is 5.29. The van der Waals surface area contributed by atoms with Crippen molar-refractivity contribution in [1.29, 1.82) is 0 Å². The minimum Gasteiger partial charge on any atom is -0.474 e. The van der Waals surface area contributed by atoms with E-state index in [4.69, 9.17) is 5.11 Å². The van der Waals surface area contributed by atoms with Crippen LogP contribution in [0.4, 0.5) is 4.39 Å². The topological polar surface area (TPSA) is 57.6 Å². The average Bonchev–Trinajstić information content (AvgIpc) is 2.79. The molecule has 0 fully saturated rings. The van der Waals surface area contributed by atoms with E-state index in [2.05, 4.69) is 18.8 Å². The van der Waals surface area contributed by atoms with E-state index in [0.717, 1.165) is 24.0 Å². The van der Waals surface area contributed by atoms with Crippen LogP contribution in [0.25, 0.3) is 0 Å². The quantitative estimate of drug-likeness (QED) is 0.283. The summed E-state index contributed by atoms with van der Waals surface area (Å²) < 4.78 is 13.9. The number of nitrogens with zero attached hydrogens (tertiary/aromatic N) is 1. The van der Waals surface area contributed by atoms with Crippen LogP contribution in [0.2, 0.25) is 0 Å². The van der Waals surface area contributed by atoms with E-state index in [9.17, 15) is 14.0 Å². The van der Waals surface area contributed by atoms with E-state index in [1.165, 1.54) is 43.1 Å². The summed E-state index contributed by atoms with van der Waals surface area (Å²) in [5, 5.41) is 9.14. The lowest BCUT2D eigenvalue weighted by Gasteiger charge is -2.21. The van der Waals surface area contributed by atoms with Crippen LogP contribution in [-0.2, 0) is 22.6 Å². The second-order valence-electron chi connectivity index (χ2n) is 7.89. The van der Waals surface area contributed by atoms with Gasteiger partial charge in [-0.15, -0.1) is 0 Å². The minimum absolute atomic E-state index is 0.117. The van der Waals surface area contributed by atoms with E-state index < -0.39 is 11.9 Å². The molecule has 0 unspecified atom stereocenters. The zero-order chi connectivity index (χ0) is 23.2. The van der Waals surface area contributed by atoms with Gasteiger partial charge in [0.1, 0.15) is 5.82 Å². The monoisotopic (exact) mass is 437 g/mol. The Morgan fingerprint density at radius 1 is 0.969 bits per heavy atom. The van der Waals surface area contributed by atoms with E-state index in [1.807, 2.05) is 24.3 Å². The highest BCUT2D eigenvalue weighted by atomic mass is 19.1. The third kappa shape index (κ3) is 8.93. The van der Waals surface area contributed by atoms with Crippen LogP contribution in [0.1, 0.15) is 68.6 Å². The van der Waals surface area contributed by atoms with Crippen LogP contribution in [0, 0.1) is 17.7 Å². The summed E-state index contributed by atoms with van der Waals surface area (Å²) in [5.41, 5.74) is 2.14. The average molecular weight is 438 g/mol. The van der Waals surface area contributed by atoms with Gasteiger partial charge in [-0.1, -0.05) is 81.2 Å². The van der Waals surface area contributed by atoms with Crippen molar-refractivity contribution >= 4 is 11.9 Å². The highest BCUT2D eigenvalue weighted by Gasteiger charge is 2.21. The molecule has 0 saturated heterocycles. The number of hydrogen-bond donors (Lipinski definition) is 1. The molecule has 0 atom stereocenters. The molecule has 2 rings (SSSR count). The van der Waals surface area contributed by atoms with Gasteiger partial charge >= 0.3 is 11.9 Å². The van der Waals surface area contributed by atoms with Crippen LogP contribution in [0.15, 0.2) is 48.5 Å². The van der Waals surface area contributed by atoms with Gasteiger partial charge in [0.2, 0.25) is 0 Å². The number of rotatable bonds is 11. The van der Waals surface area contributed by atoms with E-state index in [-0.39, 0.29) is 25.3 Å². The van der Waals surface area contributed by atoms with Gasteiger partial charge in [-0.2, -0.15) is 0 Å². The first kappa shape index (κ1) is 25.1. The smallest absolute Gasteiger partial charge is 0.394 e. The Bertz CT molecular complexity index is 928. The first-order chi connectivity index (χ1) is 15.5. The Kier molecular flexibility index (Phi) is 11.0. The Labute approximate surface area is 190 Å². The second-order valence-corrected chi connectivity index (χ2v) is 7.89. The predicted octanol–water partition coefficient (Wildman–Crippen LogP) is 5.58. The largest absolute Gasteiger partial charge is 0.474 e. The molecule has 0 spiro atoms. The molecule has 0 radical (unpaired) electrons. The van der Waals surface area contributed by atoms with Gasteiger partial charge in [0, 0.05) is 25.1 Å². The van der Waals surface area contributed by atoms with Gasteiger partial charge in [0.15, 0.2) is 0 Å². The van der Waals surface area contributed by atoms with Crippen LogP contribution >= 0.6 is 0 Å². The van der Waals surface area contributed by atoms with E-state index >= 15 is 0 Å². The number of amides is 1. The number of carboxylic acids is 1. The van der Waals surface area contributed by atoms with Gasteiger partial charge in [-0.3, -0.25) is 4.79 Å². The summed E-state index contributed by atoms with van der Waals surface area (Å²) in [7, 11) is 0. The Morgan fingerprint density at radius 2 is 1.66 bits per heavy atom. The van der Waals surface area contributed by atoms with Gasteiger partial charge in [-0.05, 0) is 42.2 Å². The molecular formula is C27H32FNO3. The maximum absolute atomic E-state index is 13.9. The number of carbonyl (C=O) groups excluding carboxylic acids is 1. The molecule has 0 bridgehead atoms. The molecule has 0 aliphatic carbocycles. The summed E-state index contributed by atoms with van der Waals surface area (Å²) in [4.78, 5) is 24.6. The van der Waals surface area contributed by atoms with Crippen molar-refractivity contribution in [3.63, 3.8) is 0 Å². The lowest BCUT2D eigenvalue weighted by atomic mass is 10.1. The maximum atomic E-state index is 13.9. The zero-order valence-corrected chi connectivity index (χ0v) is 18.8. The van der Waals surface area contributed by atoms with Crippen molar-refractivity contribution < 1.29 is 19.1 Å². The molecule has 32 heavy (non-hydrogen) atoms. The highest BCUT2D eigenvalue weighted by Crippen LogP contribution is 2.12. The summed E-state index contributed by atoms with van der Waals surface area (Å²) in [6, 6.07) is 13.8. The van der Waals surface area contributed by atoms with E-state index in [1.54, 1.807) is 18.2 Å². The van der Waals surface area contributed by atoms with Crippen LogP contribution in [0.5, 0.6) is 0 Å². The molecule has 0 aromatic heterocycles. The van der Waals surface area contributed by atoms with E-state index in [0.29, 0.717) is 5.56 Å². The minimum atomic E-state index is -1.52. The fourth-order valence-electron chi connectivity index (χ4n) is 3.42. The molecule has 0 aliphatic heterocycles. The third-order valence-corrected chi connectivity index (χ3v) is 5.29. The van der Waals surface area contributed by atoms with Gasteiger partial charge in [0.25, 0.3) is 0 Å². The summed E-state index contributed by atoms with van der Waals surface area (Å²) >= 11 is 0. The number of unbranched alkanes of at least 4 members (excludes halogenated alkanes) is 6. The van der Waals surface area contributed by atoms with Crippen molar-refractivity contribution in [3.05, 3.63) is 71.0 Å². The molecule has 2 aromatic rings. The Hall–Kier alpha value is -3.13. The fourth-order valence-corrected chi connectivity index (χ4v) is 3.42. The predicted molar refractivity (Wildman–Crippen MR) is 124 cm³/mol. The lowest BCUT2D eigenvalue weighted by Crippen LogP contribution is -2.37.